The number of benzene rings is 2. The summed E-state index contributed by atoms with van der Waals surface area (Å²) >= 11 is 12.2. The second kappa shape index (κ2) is 8.82. The summed E-state index contributed by atoms with van der Waals surface area (Å²) in [6.45, 7) is 2.68. The van der Waals surface area contributed by atoms with Gasteiger partial charge in [0.2, 0.25) is 15.9 Å². The van der Waals surface area contributed by atoms with E-state index < -0.39 is 15.9 Å². The average Bonchev–Trinajstić information content (AvgIpc) is 2.69. The molecule has 5 nitrogen and oxygen atoms in total. The Morgan fingerprint density at radius 3 is 2.64 bits per heavy atom. The van der Waals surface area contributed by atoms with E-state index in [9.17, 15) is 13.2 Å². The number of amides is 1. The van der Waals surface area contributed by atoms with Crippen LogP contribution in [-0.4, -0.2) is 31.7 Å². The molecule has 1 aliphatic rings. The third kappa shape index (κ3) is 4.69. The zero-order valence-corrected chi connectivity index (χ0v) is 17.8. The summed E-state index contributed by atoms with van der Waals surface area (Å²) in [5, 5.41) is 3.87. The molecule has 0 saturated carbocycles. The first-order chi connectivity index (χ1) is 13.3. The van der Waals surface area contributed by atoms with E-state index in [0.29, 0.717) is 36.0 Å². The molecule has 0 aromatic heterocycles. The van der Waals surface area contributed by atoms with Gasteiger partial charge in [0.15, 0.2) is 0 Å². The van der Waals surface area contributed by atoms with Gasteiger partial charge in [-0.15, -0.1) is 0 Å². The summed E-state index contributed by atoms with van der Waals surface area (Å²) in [5.74, 6) is -0.561. The zero-order valence-electron chi connectivity index (χ0n) is 15.5. The van der Waals surface area contributed by atoms with Crippen molar-refractivity contribution in [2.24, 2.45) is 5.92 Å². The maximum absolute atomic E-state index is 13.0. The Kier molecular flexibility index (Phi) is 6.65. The third-order valence-corrected chi connectivity index (χ3v) is 7.58. The number of halogens is 2. The van der Waals surface area contributed by atoms with Gasteiger partial charge in [-0.3, -0.25) is 4.79 Å². The van der Waals surface area contributed by atoms with Crippen LogP contribution in [0.4, 0.5) is 0 Å². The van der Waals surface area contributed by atoms with Gasteiger partial charge in [0.1, 0.15) is 0 Å². The smallest absolute Gasteiger partial charge is 0.243 e. The molecule has 1 unspecified atom stereocenters. The lowest BCUT2D eigenvalue weighted by Gasteiger charge is -2.31. The topological polar surface area (TPSA) is 66.5 Å². The normalized spacial score (nSPS) is 18.0. The highest BCUT2D eigenvalue weighted by atomic mass is 35.5. The van der Waals surface area contributed by atoms with Crippen molar-refractivity contribution in [3.8, 4) is 0 Å². The monoisotopic (exact) mass is 440 g/mol. The van der Waals surface area contributed by atoms with Crippen LogP contribution in [0.25, 0.3) is 0 Å². The highest BCUT2D eigenvalue weighted by Gasteiger charge is 2.33. The third-order valence-electron chi connectivity index (χ3n) is 4.95. The van der Waals surface area contributed by atoms with E-state index in [1.807, 2.05) is 25.1 Å². The number of nitrogens with zero attached hydrogens (tertiary/aromatic N) is 1. The van der Waals surface area contributed by atoms with Gasteiger partial charge in [-0.2, -0.15) is 4.31 Å². The number of carbonyl (C=O) groups excluding carboxylic acids is 1. The lowest BCUT2D eigenvalue weighted by molar-refractivity contribution is -0.126. The fraction of sp³-hybridized carbons (Fsp3) is 0.350. The molecule has 3 rings (SSSR count). The lowest BCUT2D eigenvalue weighted by Crippen LogP contribution is -2.45. The minimum atomic E-state index is -3.69. The first-order valence-electron chi connectivity index (χ1n) is 9.06. The predicted octanol–water partition coefficient (Wildman–Crippen LogP) is 4.02. The maximum Gasteiger partial charge on any atom is 0.243 e. The predicted molar refractivity (Wildman–Crippen MR) is 111 cm³/mol. The number of rotatable bonds is 5. The summed E-state index contributed by atoms with van der Waals surface area (Å²) in [7, 11) is -3.69. The van der Waals surface area contributed by atoms with Crippen LogP contribution < -0.4 is 5.32 Å². The molecule has 1 heterocycles. The summed E-state index contributed by atoms with van der Waals surface area (Å²) < 4.78 is 27.3. The standard InChI is InChI=1S/C20H22Cl2N2O3S/c1-14-8-9-17(11-19(14)22)28(26,27)24-10-4-6-16(13-24)20(25)23-12-15-5-2-3-7-18(15)21/h2-3,5,7-9,11,16H,4,6,10,12-13H2,1H3,(H,23,25). The molecule has 1 saturated heterocycles. The molecule has 1 aliphatic heterocycles. The maximum atomic E-state index is 13.0. The average molecular weight is 441 g/mol. The Labute approximate surface area is 175 Å². The second-order valence-corrected chi connectivity index (χ2v) is 9.67. The SMILES string of the molecule is Cc1ccc(S(=O)(=O)N2CCCC(C(=O)NCc3ccccc3Cl)C2)cc1Cl. The molecular weight excluding hydrogens is 419 g/mol. The van der Waals surface area contributed by atoms with E-state index in [1.165, 1.54) is 10.4 Å². The van der Waals surface area contributed by atoms with Crippen LogP contribution in [-0.2, 0) is 21.4 Å². The summed E-state index contributed by atoms with van der Waals surface area (Å²) in [6.07, 6.45) is 1.28. The first-order valence-corrected chi connectivity index (χ1v) is 11.3. The van der Waals surface area contributed by atoms with Gasteiger partial charge in [0, 0.05) is 29.7 Å². The minimum absolute atomic E-state index is 0.153. The van der Waals surface area contributed by atoms with E-state index in [1.54, 1.807) is 18.2 Å². The first kappa shape index (κ1) is 21.1. The number of sulfonamides is 1. The molecule has 1 fully saturated rings. The Balaban J connectivity index is 1.68. The summed E-state index contributed by atoms with van der Waals surface area (Å²) in [5.41, 5.74) is 1.64. The fourth-order valence-corrected chi connectivity index (χ4v) is 5.22. The molecule has 1 amide bonds. The molecule has 150 valence electrons. The molecule has 8 heteroatoms. The van der Waals surface area contributed by atoms with E-state index >= 15 is 0 Å². The Morgan fingerprint density at radius 2 is 1.93 bits per heavy atom. The van der Waals surface area contributed by atoms with E-state index in [-0.39, 0.29) is 17.3 Å². The van der Waals surface area contributed by atoms with Gasteiger partial charge in [0.05, 0.1) is 10.8 Å². The van der Waals surface area contributed by atoms with E-state index in [2.05, 4.69) is 5.32 Å². The molecular formula is C20H22Cl2N2O3S. The van der Waals surface area contributed by atoms with Gasteiger partial charge in [0.25, 0.3) is 0 Å². The number of piperidine rings is 1. The molecule has 0 spiro atoms. The highest BCUT2D eigenvalue weighted by molar-refractivity contribution is 7.89. The molecule has 1 N–H and O–H groups in total. The minimum Gasteiger partial charge on any atom is -0.352 e. The Morgan fingerprint density at radius 1 is 1.18 bits per heavy atom. The number of nitrogens with one attached hydrogen (secondary N) is 1. The van der Waals surface area contributed by atoms with Crippen LogP contribution in [0.15, 0.2) is 47.4 Å². The molecule has 28 heavy (non-hydrogen) atoms. The molecule has 2 aromatic rings. The van der Waals surface area contributed by atoms with Gasteiger partial charge < -0.3 is 5.32 Å². The number of hydrogen-bond acceptors (Lipinski definition) is 3. The lowest BCUT2D eigenvalue weighted by atomic mass is 9.99. The second-order valence-electron chi connectivity index (χ2n) is 6.92. The number of aryl methyl sites for hydroxylation is 1. The number of carbonyl (C=O) groups is 1. The van der Waals surface area contributed by atoms with Crippen LogP contribution >= 0.6 is 23.2 Å². The summed E-state index contributed by atoms with van der Waals surface area (Å²) in [4.78, 5) is 12.7. The van der Waals surface area contributed by atoms with Gasteiger partial charge in [-0.1, -0.05) is 47.5 Å². The Hall–Kier alpha value is -1.60. The van der Waals surface area contributed by atoms with Crippen LogP contribution in [0.5, 0.6) is 0 Å². The zero-order chi connectivity index (χ0) is 20.3. The molecule has 1 atom stereocenters. The van der Waals surface area contributed by atoms with E-state index in [4.69, 9.17) is 23.2 Å². The van der Waals surface area contributed by atoms with Crippen molar-refractivity contribution in [1.29, 1.82) is 0 Å². The van der Waals surface area contributed by atoms with Crippen molar-refractivity contribution >= 4 is 39.1 Å². The van der Waals surface area contributed by atoms with Gasteiger partial charge in [-0.05, 0) is 49.1 Å². The molecule has 0 radical (unpaired) electrons. The molecule has 0 bridgehead atoms. The van der Waals surface area contributed by atoms with Crippen molar-refractivity contribution in [1.82, 2.24) is 9.62 Å². The summed E-state index contributed by atoms with van der Waals surface area (Å²) in [6, 6.07) is 12.0. The van der Waals surface area contributed by atoms with Crippen LogP contribution in [0.1, 0.15) is 24.0 Å². The van der Waals surface area contributed by atoms with Gasteiger partial charge in [-0.25, -0.2) is 8.42 Å². The largest absolute Gasteiger partial charge is 0.352 e. The quantitative estimate of drug-likeness (QED) is 0.762. The molecule has 2 aromatic carbocycles. The van der Waals surface area contributed by atoms with Crippen LogP contribution in [0.3, 0.4) is 0 Å². The van der Waals surface area contributed by atoms with Gasteiger partial charge >= 0.3 is 0 Å². The van der Waals surface area contributed by atoms with Crippen LogP contribution in [0, 0.1) is 12.8 Å². The van der Waals surface area contributed by atoms with Crippen molar-refractivity contribution in [3.05, 3.63) is 63.6 Å². The van der Waals surface area contributed by atoms with E-state index in [0.717, 1.165) is 11.1 Å². The van der Waals surface area contributed by atoms with Crippen molar-refractivity contribution in [2.45, 2.75) is 31.2 Å². The van der Waals surface area contributed by atoms with Crippen molar-refractivity contribution < 1.29 is 13.2 Å². The Bertz CT molecular complexity index is 979. The van der Waals surface area contributed by atoms with Crippen LogP contribution in [0.2, 0.25) is 10.0 Å². The fourth-order valence-electron chi connectivity index (χ4n) is 3.23. The number of hydrogen-bond donors (Lipinski definition) is 1. The van der Waals surface area contributed by atoms with Crippen molar-refractivity contribution in [3.63, 3.8) is 0 Å². The molecule has 0 aliphatic carbocycles. The van der Waals surface area contributed by atoms with Crippen molar-refractivity contribution in [2.75, 3.05) is 13.1 Å². The highest BCUT2D eigenvalue weighted by Crippen LogP contribution is 2.27.